The summed E-state index contributed by atoms with van der Waals surface area (Å²) < 4.78 is 16.0. The molecule has 2 rings (SSSR count). The topological polar surface area (TPSA) is 44.8 Å². The lowest BCUT2D eigenvalue weighted by Crippen LogP contribution is -2.05. The van der Waals surface area contributed by atoms with E-state index in [0.29, 0.717) is 17.1 Å². The SMILES string of the molecule is COc1ccc(OC)c(C(=O)/C=C/c2ccc(OC(C)C)cc2)c1. The predicted molar refractivity (Wildman–Crippen MR) is 95.1 cm³/mol. The van der Waals surface area contributed by atoms with Crippen LogP contribution in [0.4, 0.5) is 0 Å². The predicted octanol–water partition coefficient (Wildman–Crippen LogP) is 4.39. The minimum Gasteiger partial charge on any atom is -0.497 e. The van der Waals surface area contributed by atoms with Crippen LogP contribution in [0.15, 0.2) is 48.5 Å². The third kappa shape index (κ3) is 4.62. The highest BCUT2D eigenvalue weighted by Gasteiger charge is 2.11. The number of hydrogen-bond donors (Lipinski definition) is 0. The summed E-state index contributed by atoms with van der Waals surface area (Å²) in [6.07, 6.45) is 3.42. The fraction of sp³-hybridized carbons (Fsp3) is 0.250. The molecule has 0 N–H and O–H groups in total. The molecule has 0 amide bonds. The summed E-state index contributed by atoms with van der Waals surface area (Å²) >= 11 is 0. The average molecular weight is 326 g/mol. The number of hydrogen-bond acceptors (Lipinski definition) is 4. The van der Waals surface area contributed by atoms with Crippen LogP contribution in [-0.2, 0) is 0 Å². The Bertz CT molecular complexity index is 715. The van der Waals surface area contributed by atoms with Crippen molar-refractivity contribution in [2.24, 2.45) is 0 Å². The highest BCUT2D eigenvalue weighted by molar-refractivity contribution is 6.08. The second-order valence-corrected chi connectivity index (χ2v) is 5.50. The third-order valence-corrected chi connectivity index (χ3v) is 3.35. The number of benzene rings is 2. The highest BCUT2D eigenvalue weighted by atomic mass is 16.5. The van der Waals surface area contributed by atoms with Crippen molar-refractivity contribution in [3.8, 4) is 17.2 Å². The van der Waals surface area contributed by atoms with Gasteiger partial charge in [-0.15, -0.1) is 0 Å². The van der Waals surface area contributed by atoms with E-state index in [9.17, 15) is 4.79 Å². The lowest BCUT2D eigenvalue weighted by molar-refractivity contribution is 0.104. The van der Waals surface area contributed by atoms with Crippen LogP contribution in [0.3, 0.4) is 0 Å². The van der Waals surface area contributed by atoms with Crippen LogP contribution in [0.5, 0.6) is 17.2 Å². The van der Waals surface area contributed by atoms with Crippen molar-refractivity contribution >= 4 is 11.9 Å². The molecule has 0 atom stereocenters. The van der Waals surface area contributed by atoms with E-state index in [1.165, 1.54) is 13.2 Å². The van der Waals surface area contributed by atoms with E-state index < -0.39 is 0 Å². The molecule has 0 aromatic heterocycles. The van der Waals surface area contributed by atoms with E-state index in [-0.39, 0.29) is 11.9 Å². The number of methoxy groups -OCH3 is 2. The van der Waals surface area contributed by atoms with E-state index in [1.54, 1.807) is 31.4 Å². The van der Waals surface area contributed by atoms with Crippen molar-refractivity contribution in [2.75, 3.05) is 14.2 Å². The quantitative estimate of drug-likeness (QED) is 0.559. The maximum atomic E-state index is 12.4. The number of ketones is 1. The molecule has 0 saturated heterocycles. The van der Waals surface area contributed by atoms with Gasteiger partial charge in [-0.05, 0) is 55.8 Å². The lowest BCUT2D eigenvalue weighted by Gasteiger charge is -2.09. The summed E-state index contributed by atoms with van der Waals surface area (Å²) in [7, 11) is 3.10. The molecule has 0 saturated carbocycles. The van der Waals surface area contributed by atoms with Gasteiger partial charge in [-0.1, -0.05) is 18.2 Å². The normalized spacial score (nSPS) is 10.9. The van der Waals surface area contributed by atoms with Crippen molar-refractivity contribution in [2.45, 2.75) is 20.0 Å². The number of carbonyl (C=O) groups is 1. The third-order valence-electron chi connectivity index (χ3n) is 3.35. The van der Waals surface area contributed by atoms with E-state index in [2.05, 4.69) is 0 Å². The standard InChI is InChI=1S/C20H22O4/c1-14(2)24-16-8-5-15(6-9-16)7-11-19(21)18-13-17(22-3)10-12-20(18)23-4/h5-14H,1-4H3/b11-7+. The van der Waals surface area contributed by atoms with Crippen molar-refractivity contribution in [1.29, 1.82) is 0 Å². The molecule has 0 unspecified atom stereocenters. The van der Waals surface area contributed by atoms with Gasteiger partial charge in [0.1, 0.15) is 17.2 Å². The first-order valence-electron chi connectivity index (χ1n) is 7.74. The van der Waals surface area contributed by atoms with E-state index in [0.717, 1.165) is 11.3 Å². The largest absolute Gasteiger partial charge is 0.497 e. The number of ether oxygens (including phenoxy) is 3. The maximum Gasteiger partial charge on any atom is 0.189 e. The molecule has 0 heterocycles. The van der Waals surface area contributed by atoms with Crippen LogP contribution in [0.2, 0.25) is 0 Å². The number of allylic oxidation sites excluding steroid dienone is 1. The Morgan fingerprint density at radius 1 is 0.958 bits per heavy atom. The molecule has 24 heavy (non-hydrogen) atoms. The van der Waals surface area contributed by atoms with E-state index in [4.69, 9.17) is 14.2 Å². The van der Waals surface area contributed by atoms with Gasteiger partial charge in [0.05, 0.1) is 25.9 Å². The Kier molecular flexibility index (Phi) is 6.01. The molecule has 2 aromatic carbocycles. The molecule has 0 bridgehead atoms. The molecular formula is C20H22O4. The fourth-order valence-corrected chi connectivity index (χ4v) is 2.20. The fourth-order valence-electron chi connectivity index (χ4n) is 2.20. The van der Waals surface area contributed by atoms with Gasteiger partial charge < -0.3 is 14.2 Å². The van der Waals surface area contributed by atoms with Crippen LogP contribution < -0.4 is 14.2 Å². The Hall–Kier alpha value is -2.75. The van der Waals surface area contributed by atoms with Crippen LogP contribution in [0.1, 0.15) is 29.8 Å². The molecular weight excluding hydrogens is 304 g/mol. The highest BCUT2D eigenvalue weighted by Crippen LogP contribution is 2.25. The number of rotatable bonds is 7. The van der Waals surface area contributed by atoms with Gasteiger partial charge in [0.25, 0.3) is 0 Å². The van der Waals surface area contributed by atoms with Gasteiger partial charge in [-0.25, -0.2) is 0 Å². The van der Waals surface area contributed by atoms with E-state index >= 15 is 0 Å². The first kappa shape index (κ1) is 17.6. The molecule has 4 heteroatoms. The zero-order valence-corrected chi connectivity index (χ0v) is 14.4. The summed E-state index contributed by atoms with van der Waals surface area (Å²) in [6.45, 7) is 3.96. The molecule has 0 aliphatic heterocycles. The zero-order valence-electron chi connectivity index (χ0n) is 14.4. The van der Waals surface area contributed by atoms with E-state index in [1.807, 2.05) is 38.1 Å². The van der Waals surface area contributed by atoms with Crippen molar-refractivity contribution < 1.29 is 19.0 Å². The molecule has 0 radical (unpaired) electrons. The van der Waals surface area contributed by atoms with Crippen LogP contribution in [-0.4, -0.2) is 26.1 Å². The molecule has 0 fully saturated rings. The lowest BCUT2D eigenvalue weighted by atomic mass is 10.1. The first-order valence-corrected chi connectivity index (χ1v) is 7.74. The van der Waals surface area contributed by atoms with Crippen LogP contribution in [0, 0.1) is 0 Å². The smallest absolute Gasteiger partial charge is 0.189 e. The Morgan fingerprint density at radius 2 is 1.62 bits per heavy atom. The first-order chi connectivity index (χ1) is 11.5. The average Bonchev–Trinajstić information content (AvgIpc) is 2.59. The Labute approximate surface area is 142 Å². The Balaban J connectivity index is 2.15. The minimum atomic E-state index is -0.145. The molecule has 4 nitrogen and oxygen atoms in total. The summed E-state index contributed by atoms with van der Waals surface area (Å²) in [4.78, 5) is 12.4. The number of carbonyl (C=O) groups excluding carboxylic acids is 1. The second-order valence-electron chi connectivity index (χ2n) is 5.50. The maximum absolute atomic E-state index is 12.4. The van der Waals surface area contributed by atoms with Crippen molar-refractivity contribution in [3.63, 3.8) is 0 Å². The van der Waals surface area contributed by atoms with Gasteiger partial charge in [0.15, 0.2) is 5.78 Å². The molecule has 0 aliphatic rings. The molecule has 0 spiro atoms. The van der Waals surface area contributed by atoms with Crippen LogP contribution in [0.25, 0.3) is 6.08 Å². The van der Waals surface area contributed by atoms with Crippen molar-refractivity contribution in [3.05, 3.63) is 59.7 Å². The zero-order chi connectivity index (χ0) is 17.5. The van der Waals surface area contributed by atoms with Crippen LogP contribution >= 0.6 is 0 Å². The van der Waals surface area contributed by atoms with Gasteiger partial charge in [-0.3, -0.25) is 4.79 Å². The van der Waals surface area contributed by atoms with Crippen molar-refractivity contribution in [1.82, 2.24) is 0 Å². The molecule has 126 valence electrons. The summed E-state index contributed by atoms with van der Waals surface area (Å²) in [6, 6.07) is 12.7. The van der Waals surface area contributed by atoms with Gasteiger partial charge >= 0.3 is 0 Å². The second kappa shape index (κ2) is 8.20. The summed E-state index contributed by atoms with van der Waals surface area (Å²) in [5.41, 5.74) is 1.38. The van der Waals surface area contributed by atoms with Gasteiger partial charge in [-0.2, -0.15) is 0 Å². The monoisotopic (exact) mass is 326 g/mol. The summed E-state index contributed by atoms with van der Waals surface area (Å²) in [5, 5.41) is 0. The summed E-state index contributed by atoms with van der Waals surface area (Å²) in [5.74, 6) is 1.80. The van der Waals surface area contributed by atoms with Gasteiger partial charge in [0, 0.05) is 0 Å². The minimum absolute atomic E-state index is 0.133. The molecule has 0 aliphatic carbocycles. The Morgan fingerprint density at radius 3 is 2.21 bits per heavy atom. The molecule has 2 aromatic rings. The van der Waals surface area contributed by atoms with Gasteiger partial charge in [0.2, 0.25) is 0 Å².